The summed E-state index contributed by atoms with van der Waals surface area (Å²) in [6.07, 6.45) is 3.50. The van der Waals surface area contributed by atoms with E-state index in [2.05, 4.69) is 15.2 Å². The van der Waals surface area contributed by atoms with Gasteiger partial charge in [0.1, 0.15) is 12.3 Å². The largest absolute Gasteiger partial charge is 0.467 e. The quantitative estimate of drug-likeness (QED) is 0.512. The van der Waals surface area contributed by atoms with E-state index in [1.165, 1.54) is 0 Å². The van der Waals surface area contributed by atoms with Gasteiger partial charge in [0.25, 0.3) is 0 Å². The molecule has 0 bridgehead atoms. The molecule has 1 fully saturated rings. The minimum absolute atomic E-state index is 0.0684. The van der Waals surface area contributed by atoms with E-state index in [4.69, 9.17) is 9.15 Å². The first-order valence-electron chi connectivity index (χ1n) is 7.96. The summed E-state index contributed by atoms with van der Waals surface area (Å²) < 4.78 is 10.5. The number of ether oxygens (including phenoxy) is 1. The molecule has 2 heterocycles. The molecule has 1 aromatic rings. The average molecular weight is 307 g/mol. The monoisotopic (exact) mass is 307 g/mol. The van der Waals surface area contributed by atoms with E-state index in [1.807, 2.05) is 26.0 Å². The standard InChI is InChI=1S/C16H25N3O3/c1-3-17-16(18-11-14-8-6-10-22-14)19-9-5-7-13(12-19)15(20)21-4-2/h6,8,10,13H,3-5,7,9,11-12H2,1-2H3,(H,17,18). The number of nitrogens with one attached hydrogen (secondary N) is 1. The van der Waals surface area contributed by atoms with Crippen LogP contribution in [0.5, 0.6) is 0 Å². The molecular formula is C16H25N3O3. The number of nitrogens with zero attached hydrogens (tertiary/aromatic N) is 2. The van der Waals surface area contributed by atoms with Crippen molar-refractivity contribution in [2.24, 2.45) is 10.9 Å². The van der Waals surface area contributed by atoms with E-state index < -0.39 is 0 Å². The third-order valence-corrected chi connectivity index (χ3v) is 3.64. The van der Waals surface area contributed by atoms with Gasteiger partial charge < -0.3 is 19.4 Å². The van der Waals surface area contributed by atoms with Crippen molar-refractivity contribution < 1.29 is 13.9 Å². The number of carbonyl (C=O) groups is 1. The SMILES string of the molecule is CCNC(=NCc1ccco1)N1CCCC(C(=O)OCC)C1. The highest BCUT2D eigenvalue weighted by molar-refractivity contribution is 5.81. The van der Waals surface area contributed by atoms with Gasteiger partial charge in [-0.1, -0.05) is 0 Å². The Hall–Kier alpha value is -1.98. The van der Waals surface area contributed by atoms with Gasteiger partial charge in [-0.05, 0) is 38.8 Å². The molecule has 6 nitrogen and oxygen atoms in total. The molecule has 0 saturated carbocycles. The van der Waals surface area contributed by atoms with Crippen molar-refractivity contribution in [3.8, 4) is 0 Å². The maximum atomic E-state index is 11.9. The maximum Gasteiger partial charge on any atom is 0.310 e. The Morgan fingerprint density at radius 2 is 2.41 bits per heavy atom. The second-order valence-electron chi connectivity index (χ2n) is 5.29. The predicted molar refractivity (Wildman–Crippen MR) is 84.5 cm³/mol. The number of likely N-dealkylation sites (tertiary alicyclic amines) is 1. The normalized spacial score (nSPS) is 19.1. The van der Waals surface area contributed by atoms with E-state index in [-0.39, 0.29) is 11.9 Å². The molecule has 2 rings (SSSR count). The van der Waals surface area contributed by atoms with Crippen LogP contribution in [0.4, 0.5) is 0 Å². The van der Waals surface area contributed by atoms with E-state index in [9.17, 15) is 4.79 Å². The Morgan fingerprint density at radius 3 is 3.09 bits per heavy atom. The number of rotatable bonds is 5. The van der Waals surface area contributed by atoms with Crippen LogP contribution in [0.1, 0.15) is 32.4 Å². The first-order chi connectivity index (χ1) is 10.7. The van der Waals surface area contributed by atoms with Crippen LogP contribution in [0.25, 0.3) is 0 Å². The zero-order valence-corrected chi connectivity index (χ0v) is 13.4. The van der Waals surface area contributed by atoms with Gasteiger partial charge in [-0.2, -0.15) is 0 Å². The minimum Gasteiger partial charge on any atom is -0.467 e. The topological polar surface area (TPSA) is 67.1 Å². The van der Waals surface area contributed by atoms with Gasteiger partial charge in [0.15, 0.2) is 5.96 Å². The summed E-state index contributed by atoms with van der Waals surface area (Å²) in [7, 11) is 0. The maximum absolute atomic E-state index is 11.9. The number of carbonyl (C=O) groups excluding carboxylic acids is 1. The number of guanidine groups is 1. The van der Waals surface area contributed by atoms with Crippen molar-refractivity contribution in [3.63, 3.8) is 0 Å². The summed E-state index contributed by atoms with van der Waals surface area (Å²) in [5, 5.41) is 3.29. The highest BCUT2D eigenvalue weighted by Gasteiger charge is 2.28. The highest BCUT2D eigenvalue weighted by Crippen LogP contribution is 2.18. The summed E-state index contributed by atoms with van der Waals surface area (Å²) in [5.41, 5.74) is 0. The minimum atomic E-state index is -0.103. The van der Waals surface area contributed by atoms with Crippen LogP contribution in [-0.4, -0.2) is 43.1 Å². The summed E-state index contributed by atoms with van der Waals surface area (Å²) in [5.74, 6) is 1.48. The number of furan rings is 1. The van der Waals surface area contributed by atoms with Crippen LogP contribution >= 0.6 is 0 Å². The average Bonchev–Trinajstić information content (AvgIpc) is 3.05. The van der Waals surface area contributed by atoms with E-state index in [0.717, 1.165) is 37.7 Å². The molecule has 1 saturated heterocycles. The zero-order chi connectivity index (χ0) is 15.8. The van der Waals surface area contributed by atoms with E-state index in [0.29, 0.717) is 19.7 Å². The van der Waals surface area contributed by atoms with Crippen LogP contribution < -0.4 is 5.32 Å². The van der Waals surface area contributed by atoms with Crippen LogP contribution in [0, 0.1) is 5.92 Å². The summed E-state index contributed by atoms with van der Waals surface area (Å²) in [6.45, 7) is 7.15. The Morgan fingerprint density at radius 1 is 1.55 bits per heavy atom. The molecule has 1 N–H and O–H groups in total. The third kappa shape index (κ3) is 4.51. The van der Waals surface area contributed by atoms with Crippen molar-refractivity contribution >= 4 is 11.9 Å². The molecular weight excluding hydrogens is 282 g/mol. The number of hydrogen-bond donors (Lipinski definition) is 1. The highest BCUT2D eigenvalue weighted by atomic mass is 16.5. The van der Waals surface area contributed by atoms with Crippen molar-refractivity contribution in [1.29, 1.82) is 0 Å². The fourth-order valence-electron chi connectivity index (χ4n) is 2.60. The lowest BCUT2D eigenvalue weighted by atomic mass is 9.98. The lowest BCUT2D eigenvalue weighted by Gasteiger charge is -2.33. The van der Waals surface area contributed by atoms with Crippen LogP contribution in [0.2, 0.25) is 0 Å². The van der Waals surface area contributed by atoms with Crippen molar-refractivity contribution in [1.82, 2.24) is 10.2 Å². The lowest BCUT2D eigenvalue weighted by molar-refractivity contribution is -0.149. The fourth-order valence-corrected chi connectivity index (χ4v) is 2.60. The molecule has 1 atom stereocenters. The second-order valence-corrected chi connectivity index (χ2v) is 5.29. The summed E-state index contributed by atoms with van der Waals surface area (Å²) in [4.78, 5) is 18.7. The van der Waals surface area contributed by atoms with Gasteiger partial charge >= 0.3 is 5.97 Å². The molecule has 22 heavy (non-hydrogen) atoms. The number of piperidine rings is 1. The van der Waals surface area contributed by atoms with Crippen molar-refractivity contribution in [2.45, 2.75) is 33.2 Å². The lowest BCUT2D eigenvalue weighted by Crippen LogP contribution is -2.48. The second kappa shape index (κ2) is 8.46. The first kappa shape index (κ1) is 16.4. The molecule has 1 aromatic heterocycles. The van der Waals surface area contributed by atoms with Gasteiger partial charge in [-0.3, -0.25) is 4.79 Å². The van der Waals surface area contributed by atoms with Crippen molar-refractivity contribution in [3.05, 3.63) is 24.2 Å². The fraction of sp³-hybridized carbons (Fsp3) is 0.625. The molecule has 0 aromatic carbocycles. The number of aliphatic imine (C=N–C) groups is 1. The summed E-state index contributed by atoms with van der Waals surface area (Å²) in [6, 6.07) is 3.76. The van der Waals surface area contributed by atoms with Crippen LogP contribution in [-0.2, 0) is 16.1 Å². The summed E-state index contributed by atoms with van der Waals surface area (Å²) >= 11 is 0. The van der Waals surface area contributed by atoms with Gasteiger partial charge in [0, 0.05) is 19.6 Å². The van der Waals surface area contributed by atoms with Crippen LogP contribution in [0.15, 0.2) is 27.8 Å². The molecule has 0 radical (unpaired) electrons. The zero-order valence-electron chi connectivity index (χ0n) is 13.4. The molecule has 0 spiro atoms. The number of esters is 1. The Bertz CT molecular complexity index is 485. The molecule has 1 aliphatic rings. The van der Waals surface area contributed by atoms with Gasteiger partial charge in [0.05, 0.1) is 18.8 Å². The Kier molecular flexibility index (Phi) is 6.30. The number of hydrogen-bond acceptors (Lipinski definition) is 4. The molecule has 0 amide bonds. The smallest absolute Gasteiger partial charge is 0.310 e. The molecule has 6 heteroatoms. The first-order valence-corrected chi connectivity index (χ1v) is 7.96. The molecule has 122 valence electrons. The molecule has 1 aliphatic heterocycles. The van der Waals surface area contributed by atoms with Gasteiger partial charge in [-0.25, -0.2) is 4.99 Å². The van der Waals surface area contributed by atoms with Crippen LogP contribution in [0.3, 0.4) is 0 Å². The predicted octanol–water partition coefficient (Wildman–Crippen LogP) is 2.02. The van der Waals surface area contributed by atoms with Gasteiger partial charge in [0.2, 0.25) is 0 Å². The van der Waals surface area contributed by atoms with E-state index >= 15 is 0 Å². The molecule has 0 aliphatic carbocycles. The van der Waals surface area contributed by atoms with E-state index in [1.54, 1.807) is 6.26 Å². The Labute approximate surface area is 131 Å². The third-order valence-electron chi connectivity index (χ3n) is 3.64. The van der Waals surface area contributed by atoms with Crippen molar-refractivity contribution in [2.75, 3.05) is 26.2 Å². The Balaban J connectivity index is 2.00. The van der Waals surface area contributed by atoms with Gasteiger partial charge in [-0.15, -0.1) is 0 Å². The molecule has 1 unspecified atom stereocenters.